The van der Waals surface area contributed by atoms with Crippen LogP contribution in [0.2, 0.25) is 5.15 Å². The molecule has 7 nitrogen and oxygen atoms in total. The number of halogens is 1. The summed E-state index contributed by atoms with van der Waals surface area (Å²) >= 11 is 6.17. The number of hydrogen-bond donors (Lipinski definition) is 0. The molecule has 4 heterocycles. The van der Waals surface area contributed by atoms with E-state index in [-0.39, 0.29) is 5.89 Å². The Labute approximate surface area is 123 Å². The van der Waals surface area contributed by atoms with Crippen molar-refractivity contribution >= 4 is 17.2 Å². The molecule has 0 saturated heterocycles. The van der Waals surface area contributed by atoms with Crippen LogP contribution in [0.1, 0.15) is 0 Å². The zero-order valence-electron chi connectivity index (χ0n) is 10.5. The van der Waals surface area contributed by atoms with Gasteiger partial charge in [-0.15, -0.1) is 0 Å². The summed E-state index contributed by atoms with van der Waals surface area (Å²) in [7, 11) is 0. The molecule has 21 heavy (non-hydrogen) atoms. The van der Waals surface area contributed by atoms with E-state index in [1.807, 2.05) is 24.4 Å². The Kier molecular flexibility index (Phi) is 2.65. The van der Waals surface area contributed by atoms with Crippen LogP contribution < -0.4 is 0 Å². The van der Waals surface area contributed by atoms with E-state index in [2.05, 4.69) is 25.1 Å². The van der Waals surface area contributed by atoms with Crippen LogP contribution in [0.4, 0.5) is 0 Å². The van der Waals surface area contributed by atoms with Crippen LogP contribution in [0.3, 0.4) is 0 Å². The average molecular weight is 299 g/mol. The lowest BCUT2D eigenvalue weighted by Crippen LogP contribution is -1.89. The average Bonchev–Trinajstić information content (AvgIpc) is 3.11. The maximum atomic E-state index is 6.17. The molecule has 0 fully saturated rings. The fourth-order valence-corrected chi connectivity index (χ4v) is 2.26. The zero-order valence-corrected chi connectivity index (χ0v) is 11.3. The van der Waals surface area contributed by atoms with Crippen molar-refractivity contribution in [1.29, 1.82) is 0 Å². The Morgan fingerprint density at radius 2 is 2.10 bits per heavy atom. The highest BCUT2D eigenvalue weighted by Gasteiger charge is 2.19. The summed E-state index contributed by atoms with van der Waals surface area (Å²) in [6, 6.07) is 5.59. The third-order valence-corrected chi connectivity index (χ3v) is 3.17. The van der Waals surface area contributed by atoms with E-state index in [0.717, 1.165) is 0 Å². The first-order valence-electron chi connectivity index (χ1n) is 6.06. The summed E-state index contributed by atoms with van der Waals surface area (Å²) in [5.41, 5.74) is 1.78. The monoisotopic (exact) mass is 298 g/mol. The second kappa shape index (κ2) is 4.64. The lowest BCUT2D eigenvalue weighted by atomic mass is 10.4. The fraction of sp³-hybridized carbons (Fsp3) is 0. The number of fused-ring (bicyclic) bond motifs is 1. The summed E-state index contributed by atoms with van der Waals surface area (Å²) in [6.45, 7) is 0. The minimum Gasteiger partial charge on any atom is -0.332 e. The first kappa shape index (κ1) is 12.0. The molecule has 8 heteroatoms. The number of aromatic nitrogens is 6. The lowest BCUT2D eigenvalue weighted by molar-refractivity contribution is 0.430. The largest absolute Gasteiger partial charge is 0.332 e. The van der Waals surface area contributed by atoms with Gasteiger partial charge in [0.2, 0.25) is 5.82 Å². The Bertz CT molecular complexity index is 917. The molecule has 0 unspecified atom stereocenters. The summed E-state index contributed by atoms with van der Waals surface area (Å²) in [5.74, 6) is 0.624. The van der Waals surface area contributed by atoms with E-state index >= 15 is 0 Å². The van der Waals surface area contributed by atoms with E-state index in [9.17, 15) is 0 Å². The van der Waals surface area contributed by atoms with E-state index in [0.29, 0.717) is 28.0 Å². The van der Waals surface area contributed by atoms with Crippen LogP contribution in [0.25, 0.3) is 28.8 Å². The third kappa shape index (κ3) is 1.95. The highest BCUT2D eigenvalue weighted by atomic mass is 35.5. The summed E-state index contributed by atoms with van der Waals surface area (Å²) in [5, 5.41) is 4.20. The van der Waals surface area contributed by atoms with Gasteiger partial charge < -0.3 is 4.52 Å². The predicted molar refractivity (Wildman–Crippen MR) is 74.5 cm³/mol. The molecule has 0 saturated carbocycles. The van der Waals surface area contributed by atoms with Crippen LogP contribution in [-0.2, 0) is 0 Å². The zero-order chi connectivity index (χ0) is 14.2. The van der Waals surface area contributed by atoms with E-state index < -0.39 is 0 Å². The smallest absolute Gasteiger partial charge is 0.278 e. The van der Waals surface area contributed by atoms with Crippen molar-refractivity contribution in [2.24, 2.45) is 0 Å². The molecule has 4 aromatic rings. The normalized spacial score (nSPS) is 11.1. The van der Waals surface area contributed by atoms with Crippen LogP contribution in [0, 0.1) is 0 Å². The SMILES string of the molecule is Clc1nc2ccccn2c1-c1nc(-c2cnccn2)no1. The molecule has 0 radical (unpaired) electrons. The molecule has 0 spiro atoms. The Morgan fingerprint density at radius 3 is 2.95 bits per heavy atom. The lowest BCUT2D eigenvalue weighted by Gasteiger charge is -1.95. The fourth-order valence-electron chi connectivity index (χ4n) is 2.00. The van der Waals surface area contributed by atoms with Gasteiger partial charge in [0.15, 0.2) is 10.8 Å². The van der Waals surface area contributed by atoms with Crippen molar-refractivity contribution in [2.45, 2.75) is 0 Å². The maximum Gasteiger partial charge on any atom is 0.278 e. The van der Waals surface area contributed by atoms with E-state index in [1.54, 1.807) is 23.0 Å². The van der Waals surface area contributed by atoms with Gasteiger partial charge >= 0.3 is 0 Å². The minimum atomic E-state index is 0.277. The van der Waals surface area contributed by atoms with Gasteiger partial charge in [0.1, 0.15) is 11.3 Å². The highest BCUT2D eigenvalue weighted by molar-refractivity contribution is 6.32. The number of imidazole rings is 1. The third-order valence-electron chi connectivity index (χ3n) is 2.91. The molecule has 4 aromatic heterocycles. The Morgan fingerprint density at radius 1 is 1.14 bits per heavy atom. The van der Waals surface area contributed by atoms with Crippen LogP contribution in [0.15, 0.2) is 47.5 Å². The standard InChI is InChI=1S/C13H7ClN6O/c14-11-10(20-6-2-1-3-9(20)17-11)13-18-12(19-21-13)8-7-15-4-5-16-8/h1-7H. The van der Waals surface area contributed by atoms with Crippen LogP contribution in [-0.4, -0.2) is 29.5 Å². The Hall–Kier alpha value is -2.80. The molecule has 4 rings (SSSR count). The van der Waals surface area contributed by atoms with Crippen molar-refractivity contribution in [2.75, 3.05) is 0 Å². The second-order valence-electron chi connectivity index (χ2n) is 4.19. The van der Waals surface area contributed by atoms with Gasteiger partial charge in [-0.1, -0.05) is 22.8 Å². The molecular formula is C13H7ClN6O. The molecule has 0 aromatic carbocycles. The van der Waals surface area contributed by atoms with Crippen molar-refractivity contribution in [3.05, 3.63) is 48.1 Å². The first-order valence-corrected chi connectivity index (χ1v) is 6.44. The van der Waals surface area contributed by atoms with Gasteiger partial charge in [-0.2, -0.15) is 4.98 Å². The Balaban J connectivity index is 1.87. The second-order valence-corrected chi connectivity index (χ2v) is 4.55. The van der Waals surface area contributed by atoms with Gasteiger partial charge in [0, 0.05) is 18.6 Å². The minimum absolute atomic E-state index is 0.277. The topological polar surface area (TPSA) is 82.0 Å². The van der Waals surface area contributed by atoms with Gasteiger partial charge in [-0.25, -0.2) is 9.97 Å². The van der Waals surface area contributed by atoms with Gasteiger partial charge in [-0.05, 0) is 12.1 Å². The highest BCUT2D eigenvalue weighted by Crippen LogP contribution is 2.28. The molecular weight excluding hydrogens is 292 g/mol. The molecule has 0 N–H and O–H groups in total. The predicted octanol–water partition coefficient (Wildman–Crippen LogP) is 2.49. The van der Waals surface area contributed by atoms with Crippen LogP contribution in [0.5, 0.6) is 0 Å². The van der Waals surface area contributed by atoms with Crippen molar-refractivity contribution in [3.63, 3.8) is 0 Å². The number of pyridine rings is 1. The molecule has 102 valence electrons. The van der Waals surface area contributed by atoms with Crippen molar-refractivity contribution in [1.82, 2.24) is 29.5 Å². The van der Waals surface area contributed by atoms with Crippen molar-refractivity contribution < 1.29 is 4.52 Å². The first-order chi connectivity index (χ1) is 10.3. The van der Waals surface area contributed by atoms with Gasteiger partial charge in [0.05, 0.1) is 6.20 Å². The van der Waals surface area contributed by atoms with E-state index in [1.165, 1.54) is 0 Å². The van der Waals surface area contributed by atoms with Gasteiger partial charge in [0.25, 0.3) is 5.89 Å². The van der Waals surface area contributed by atoms with Gasteiger partial charge in [-0.3, -0.25) is 9.38 Å². The summed E-state index contributed by atoms with van der Waals surface area (Å²) < 4.78 is 7.07. The maximum absolute atomic E-state index is 6.17. The molecule has 0 aliphatic carbocycles. The number of nitrogens with zero attached hydrogens (tertiary/aromatic N) is 6. The molecule has 0 bridgehead atoms. The quantitative estimate of drug-likeness (QED) is 0.565. The molecule has 0 amide bonds. The van der Waals surface area contributed by atoms with E-state index in [4.69, 9.17) is 16.1 Å². The molecule has 0 aliphatic rings. The molecule has 0 atom stereocenters. The summed E-state index contributed by atoms with van der Waals surface area (Å²) in [4.78, 5) is 16.7. The number of rotatable bonds is 2. The summed E-state index contributed by atoms with van der Waals surface area (Å²) in [6.07, 6.45) is 6.53. The number of hydrogen-bond acceptors (Lipinski definition) is 6. The molecule has 0 aliphatic heterocycles. The van der Waals surface area contributed by atoms with Crippen molar-refractivity contribution in [3.8, 4) is 23.1 Å². The van der Waals surface area contributed by atoms with Crippen LogP contribution >= 0.6 is 11.6 Å².